The molecule has 0 spiro atoms. The summed E-state index contributed by atoms with van der Waals surface area (Å²) in [4.78, 5) is 21.6. The number of rotatable bonds is 7. The third-order valence-electron chi connectivity index (χ3n) is 2.08. The van der Waals surface area contributed by atoms with Gasteiger partial charge in [0, 0.05) is 19.5 Å². The Morgan fingerprint density at radius 3 is 2.56 bits per heavy atom. The van der Waals surface area contributed by atoms with E-state index in [1.165, 1.54) is 6.92 Å². The van der Waals surface area contributed by atoms with Crippen molar-refractivity contribution in [2.24, 2.45) is 0 Å². The van der Waals surface area contributed by atoms with Crippen molar-refractivity contribution in [3.63, 3.8) is 0 Å². The minimum Gasteiger partial charge on any atom is -0.450 e. The van der Waals surface area contributed by atoms with Gasteiger partial charge in [0.05, 0.1) is 6.61 Å². The van der Waals surface area contributed by atoms with Gasteiger partial charge in [0.15, 0.2) is 0 Å². The second-order valence-electron chi connectivity index (χ2n) is 3.74. The second kappa shape index (κ2) is 9.00. The fraction of sp³-hybridized carbons (Fsp3) is 0.818. The van der Waals surface area contributed by atoms with Gasteiger partial charge in [-0.25, -0.2) is 4.79 Å². The van der Waals surface area contributed by atoms with E-state index in [0.717, 1.165) is 19.3 Å². The number of unbranched alkanes of at least 4 members (excludes halogenated alkanes) is 1. The molecule has 0 aromatic heterocycles. The molecular weight excluding hydrogens is 208 g/mol. The lowest BCUT2D eigenvalue weighted by Crippen LogP contribution is -2.33. The maximum atomic E-state index is 11.0. The quantitative estimate of drug-likeness (QED) is 0.650. The van der Waals surface area contributed by atoms with E-state index in [-0.39, 0.29) is 18.0 Å². The zero-order chi connectivity index (χ0) is 12.4. The molecule has 0 heterocycles. The van der Waals surface area contributed by atoms with Crippen LogP contribution in [0, 0.1) is 0 Å². The van der Waals surface area contributed by atoms with E-state index in [1.807, 2.05) is 6.92 Å². The number of alkyl carbamates (subject to hydrolysis) is 1. The summed E-state index contributed by atoms with van der Waals surface area (Å²) >= 11 is 0. The maximum absolute atomic E-state index is 11.0. The van der Waals surface area contributed by atoms with Crippen molar-refractivity contribution in [3.05, 3.63) is 0 Å². The van der Waals surface area contributed by atoms with Crippen molar-refractivity contribution in [2.75, 3.05) is 13.2 Å². The summed E-state index contributed by atoms with van der Waals surface area (Å²) in [6.07, 6.45) is 2.41. The Morgan fingerprint density at radius 1 is 1.31 bits per heavy atom. The normalized spacial score (nSPS) is 11.7. The molecule has 0 aliphatic heterocycles. The van der Waals surface area contributed by atoms with E-state index in [1.54, 1.807) is 6.92 Å². The fourth-order valence-electron chi connectivity index (χ4n) is 1.29. The van der Waals surface area contributed by atoms with Gasteiger partial charge in [-0.15, -0.1) is 0 Å². The van der Waals surface area contributed by atoms with Crippen LogP contribution in [0.4, 0.5) is 4.79 Å². The van der Waals surface area contributed by atoms with E-state index in [9.17, 15) is 9.59 Å². The van der Waals surface area contributed by atoms with Crippen LogP contribution in [0.5, 0.6) is 0 Å². The summed E-state index contributed by atoms with van der Waals surface area (Å²) in [5.41, 5.74) is 0. The van der Waals surface area contributed by atoms with E-state index < -0.39 is 0 Å². The van der Waals surface area contributed by atoms with Crippen LogP contribution in [0.2, 0.25) is 0 Å². The Labute approximate surface area is 96.9 Å². The molecule has 2 N–H and O–H groups in total. The SMILES string of the molecule is CCOC(=O)NC(C)CCCCNC(C)=O. The second-order valence-corrected chi connectivity index (χ2v) is 3.74. The van der Waals surface area contributed by atoms with Gasteiger partial charge in [-0.2, -0.15) is 0 Å². The zero-order valence-electron chi connectivity index (χ0n) is 10.3. The summed E-state index contributed by atoms with van der Waals surface area (Å²) in [6.45, 7) is 6.31. The monoisotopic (exact) mass is 230 g/mol. The predicted octanol–water partition coefficient (Wildman–Crippen LogP) is 1.43. The first kappa shape index (κ1) is 14.7. The van der Waals surface area contributed by atoms with Crippen molar-refractivity contribution < 1.29 is 14.3 Å². The van der Waals surface area contributed by atoms with E-state index in [2.05, 4.69) is 10.6 Å². The highest BCUT2D eigenvalue weighted by Gasteiger charge is 2.06. The minimum atomic E-state index is -0.364. The Morgan fingerprint density at radius 2 is 2.00 bits per heavy atom. The molecule has 1 unspecified atom stereocenters. The van der Waals surface area contributed by atoms with Gasteiger partial charge in [0.1, 0.15) is 0 Å². The standard InChI is InChI=1S/C11H22N2O3/c1-4-16-11(15)13-9(2)7-5-6-8-12-10(3)14/h9H,4-8H2,1-3H3,(H,12,14)(H,13,15). The van der Waals surface area contributed by atoms with Crippen LogP contribution in [0.3, 0.4) is 0 Å². The van der Waals surface area contributed by atoms with Crippen molar-refractivity contribution >= 4 is 12.0 Å². The van der Waals surface area contributed by atoms with Crippen molar-refractivity contribution in [3.8, 4) is 0 Å². The maximum Gasteiger partial charge on any atom is 0.407 e. The van der Waals surface area contributed by atoms with Crippen molar-refractivity contribution in [1.82, 2.24) is 10.6 Å². The largest absolute Gasteiger partial charge is 0.450 e. The highest BCUT2D eigenvalue weighted by molar-refractivity contribution is 5.72. The first-order chi connectivity index (χ1) is 7.56. The number of hydrogen-bond donors (Lipinski definition) is 2. The number of amides is 2. The third kappa shape index (κ3) is 9.30. The molecule has 0 saturated carbocycles. The van der Waals surface area contributed by atoms with Crippen molar-refractivity contribution in [1.29, 1.82) is 0 Å². The highest BCUT2D eigenvalue weighted by atomic mass is 16.5. The molecule has 0 aromatic rings. The number of nitrogens with one attached hydrogen (secondary N) is 2. The molecule has 0 bridgehead atoms. The first-order valence-corrected chi connectivity index (χ1v) is 5.74. The first-order valence-electron chi connectivity index (χ1n) is 5.74. The highest BCUT2D eigenvalue weighted by Crippen LogP contribution is 2.00. The van der Waals surface area contributed by atoms with Gasteiger partial charge >= 0.3 is 6.09 Å². The minimum absolute atomic E-state index is 0.00213. The van der Waals surface area contributed by atoms with E-state index >= 15 is 0 Å². The molecule has 0 radical (unpaired) electrons. The van der Waals surface area contributed by atoms with Crippen LogP contribution in [0.25, 0.3) is 0 Å². The number of carbonyl (C=O) groups is 2. The third-order valence-corrected chi connectivity index (χ3v) is 2.08. The van der Waals surface area contributed by atoms with Crippen LogP contribution in [-0.4, -0.2) is 31.2 Å². The lowest BCUT2D eigenvalue weighted by Gasteiger charge is -2.13. The summed E-state index contributed by atoms with van der Waals surface area (Å²) in [5.74, 6) is -0.00213. The van der Waals surface area contributed by atoms with Gasteiger partial charge in [-0.05, 0) is 33.1 Å². The predicted molar refractivity (Wildman–Crippen MR) is 62.2 cm³/mol. The fourth-order valence-corrected chi connectivity index (χ4v) is 1.29. The van der Waals surface area contributed by atoms with Gasteiger partial charge in [0.2, 0.25) is 5.91 Å². The lowest BCUT2D eigenvalue weighted by atomic mass is 10.1. The smallest absolute Gasteiger partial charge is 0.407 e. The average molecular weight is 230 g/mol. The Kier molecular flexibility index (Phi) is 8.29. The molecule has 0 aromatic carbocycles. The Hall–Kier alpha value is -1.26. The van der Waals surface area contributed by atoms with Crippen LogP contribution in [-0.2, 0) is 9.53 Å². The summed E-state index contributed by atoms with van der Waals surface area (Å²) in [6, 6.07) is 0.108. The summed E-state index contributed by atoms with van der Waals surface area (Å²) in [5, 5.41) is 5.46. The van der Waals surface area contributed by atoms with Crippen LogP contribution in [0.15, 0.2) is 0 Å². The molecule has 5 nitrogen and oxygen atoms in total. The van der Waals surface area contributed by atoms with E-state index in [0.29, 0.717) is 13.2 Å². The van der Waals surface area contributed by atoms with Crippen LogP contribution >= 0.6 is 0 Å². The lowest BCUT2D eigenvalue weighted by molar-refractivity contribution is -0.118. The topological polar surface area (TPSA) is 67.4 Å². The number of hydrogen-bond acceptors (Lipinski definition) is 3. The summed E-state index contributed by atoms with van der Waals surface area (Å²) < 4.78 is 4.76. The molecule has 0 rings (SSSR count). The molecule has 0 fully saturated rings. The van der Waals surface area contributed by atoms with Crippen LogP contribution < -0.4 is 10.6 Å². The molecule has 94 valence electrons. The average Bonchev–Trinajstić information content (AvgIpc) is 2.16. The molecule has 16 heavy (non-hydrogen) atoms. The number of carbonyl (C=O) groups excluding carboxylic acids is 2. The molecule has 0 saturated heterocycles. The molecule has 5 heteroatoms. The number of ether oxygens (including phenoxy) is 1. The van der Waals surface area contributed by atoms with Gasteiger partial charge < -0.3 is 15.4 Å². The molecule has 2 amide bonds. The van der Waals surface area contributed by atoms with Gasteiger partial charge in [-0.3, -0.25) is 4.79 Å². The zero-order valence-corrected chi connectivity index (χ0v) is 10.3. The summed E-state index contributed by atoms with van der Waals surface area (Å²) in [7, 11) is 0. The van der Waals surface area contributed by atoms with Gasteiger partial charge in [-0.1, -0.05) is 0 Å². The van der Waals surface area contributed by atoms with Crippen molar-refractivity contribution in [2.45, 2.75) is 46.1 Å². The van der Waals surface area contributed by atoms with Gasteiger partial charge in [0.25, 0.3) is 0 Å². The van der Waals surface area contributed by atoms with E-state index in [4.69, 9.17) is 4.74 Å². The Balaban J connectivity index is 3.39. The Bertz CT molecular complexity index is 219. The molecule has 1 atom stereocenters. The van der Waals surface area contributed by atoms with Crippen LogP contribution in [0.1, 0.15) is 40.0 Å². The molecule has 0 aliphatic rings. The molecular formula is C11H22N2O3. The molecule has 0 aliphatic carbocycles.